The highest BCUT2D eigenvalue weighted by Crippen LogP contribution is 2.27. The first-order valence-corrected chi connectivity index (χ1v) is 7.55. The van der Waals surface area contributed by atoms with Crippen molar-refractivity contribution in [3.05, 3.63) is 29.8 Å². The number of methoxy groups -OCH3 is 1. The molecular weight excluding hydrogens is 272 g/mol. The fourth-order valence-electron chi connectivity index (χ4n) is 1.71. The molecule has 0 amide bonds. The van der Waals surface area contributed by atoms with Crippen molar-refractivity contribution in [3.8, 4) is 11.5 Å². The molecule has 0 N–H and O–H groups in total. The Morgan fingerprint density at radius 3 is 2.45 bits per heavy atom. The van der Waals surface area contributed by atoms with E-state index in [4.69, 9.17) is 9.15 Å². The molecule has 0 aliphatic rings. The highest BCUT2D eigenvalue weighted by atomic mass is 32.2. The Balaban J connectivity index is 2.08. The summed E-state index contributed by atoms with van der Waals surface area (Å²) >= 11 is 1.50. The van der Waals surface area contributed by atoms with E-state index in [2.05, 4.69) is 43.1 Å². The minimum Gasteiger partial charge on any atom is -0.411 e. The van der Waals surface area contributed by atoms with Crippen molar-refractivity contribution in [2.45, 2.75) is 31.4 Å². The number of rotatable bonds is 5. The maximum absolute atomic E-state index is 5.63. The summed E-state index contributed by atoms with van der Waals surface area (Å²) in [6, 6.07) is 8.27. The molecule has 1 aromatic carbocycles. The summed E-state index contributed by atoms with van der Waals surface area (Å²) in [4.78, 5) is 0. The van der Waals surface area contributed by atoms with Gasteiger partial charge in [0.05, 0.1) is 6.61 Å². The lowest BCUT2D eigenvalue weighted by Gasteiger charge is -2.18. The molecule has 5 heteroatoms. The van der Waals surface area contributed by atoms with Crippen LogP contribution in [0.1, 0.15) is 26.3 Å². The van der Waals surface area contributed by atoms with E-state index in [0.717, 1.165) is 11.3 Å². The summed E-state index contributed by atoms with van der Waals surface area (Å²) in [5, 5.41) is 8.69. The van der Waals surface area contributed by atoms with Gasteiger partial charge in [-0.25, -0.2) is 0 Å². The fraction of sp³-hybridized carbons (Fsp3) is 0.467. The fourth-order valence-corrected chi connectivity index (χ4v) is 2.37. The lowest BCUT2D eigenvalue weighted by atomic mass is 9.87. The van der Waals surface area contributed by atoms with Gasteiger partial charge in [-0.2, -0.15) is 0 Å². The van der Waals surface area contributed by atoms with Crippen LogP contribution < -0.4 is 0 Å². The Hall–Kier alpha value is -1.33. The van der Waals surface area contributed by atoms with Crippen LogP contribution in [0.2, 0.25) is 0 Å². The predicted octanol–water partition coefficient (Wildman–Crippen LogP) is 3.77. The van der Waals surface area contributed by atoms with E-state index in [1.54, 1.807) is 7.11 Å². The zero-order valence-electron chi connectivity index (χ0n) is 12.3. The van der Waals surface area contributed by atoms with E-state index in [0.29, 0.717) is 17.7 Å². The summed E-state index contributed by atoms with van der Waals surface area (Å²) in [5.41, 5.74) is 2.38. The Kier molecular flexibility index (Phi) is 4.83. The second-order valence-corrected chi connectivity index (χ2v) is 6.59. The third-order valence-corrected chi connectivity index (χ3v) is 3.70. The SMILES string of the molecule is COCCSc1nnc(-c2ccc(C(C)(C)C)cc2)o1. The number of hydrogen-bond donors (Lipinski definition) is 0. The molecule has 0 unspecified atom stereocenters. The quantitative estimate of drug-likeness (QED) is 0.620. The number of ether oxygens (including phenoxy) is 1. The minimum atomic E-state index is 0.147. The van der Waals surface area contributed by atoms with Gasteiger partial charge in [0, 0.05) is 18.4 Å². The van der Waals surface area contributed by atoms with Gasteiger partial charge in [0.1, 0.15) is 0 Å². The molecule has 2 aromatic rings. The number of nitrogens with zero attached hydrogens (tertiary/aromatic N) is 2. The van der Waals surface area contributed by atoms with Gasteiger partial charge in [0.15, 0.2) is 0 Å². The number of hydrogen-bond acceptors (Lipinski definition) is 5. The molecule has 1 aromatic heterocycles. The van der Waals surface area contributed by atoms with Crippen LogP contribution >= 0.6 is 11.8 Å². The second kappa shape index (κ2) is 6.41. The Morgan fingerprint density at radius 2 is 1.85 bits per heavy atom. The van der Waals surface area contributed by atoms with Gasteiger partial charge >= 0.3 is 0 Å². The number of thioether (sulfide) groups is 1. The van der Waals surface area contributed by atoms with Crippen molar-refractivity contribution in [3.63, 3.8) is 0 Å². The molecular formula is C15H20N2O2S. The molecule has 4 nitrogen and oxygen atoms in total. The lowest BCUT2D eigenvalue weighted by Crippen LogP contribution is -2.10. The van der Waals surface area contributed by atoms with E-state index in [-0.39, 0.29) is 5.41 Å². The largest absolute Gasteiger partial charge is 0.411 e. The van der Waals surface area contributed by atoms with Crippen LogP contribution in [0.5, 0.6) is 0 Å². The minimum absolute atomic E-state index is 0.147. The van der Waals surface area contributed by atoms with Crippen LogP contribution in [-0.4, -0.2) is 29.7 Å². The molecule has 0 spiro atoms. The van der Waals surface area contributed by atoms with Crippen molar-refractivity contribution in [1.29, 1.82) is 0 Å². The van der Waals surface area contributed by atoms with Crippen LogP contribution in [0.4, 0.5) is 0 Å². The maximum atomic E-state index is 5.63. The van der Waals surface area contributed by atoms with Gasteiger partial charge in [0.2, 0.25) is 5.89 Å². The zero-order chi connectivity index (χ0) is 14.6. The number of benzene rings is 1. The van der Waals surface area contributed by atoms with E-state index >= 15 is 0 Å². The molecule has 0 radical (unpaired) electrons. The van der Waals surface area contributed by atoms with Crippen LogP contribution in [0, 0.1) is 0 Å². The summed E-state index contributed by atoms with van der Waals surface area (Å²) in [5.74, 6) is 1.37. The summed E-state index contributed by atoms with van der Waals surface area (Å²) in [6.45, 7) is 7.25. The molecule has 0 aliphatic heterocycles. The monoisotopic (exact) mass is 292 g/mol. The smallest absolute Gasteiger partial charge is 0.276 e. The Morgan fingerprint density at radius 1 is 1.15 bits per heavy atom. The third-order valence-electron chi connectivity index (χ3n) is 2.92. The van der Waals surface area contributed by atoms with Gasteiger partial charge in [-0.3, -0.25) is 0 Å². The molecule has 1 heterocycles. The van der Waals surface area contributed by atoms with E-state index in [9.17, 15) is 0 Å². The molecule has 0 atom stereocenters. The third kappa shape index (κ3) is 3.84. The van der Waals surface area contributed by atoms with Gasteiger partial charge in [0.25, 0.3) is 5.22 Å². The molecule has 0 bridgehead atoms. The molecule has 2 rings (SSSR count). The van der Waals surface area contributed by atoms with Crippen LogP contribution in [0.15, 0.2) is 33.9 Å². The van der Waals surface area contributed by atoms with Gasteiger partial charge in [-0.05, 0) is 23.1 Å². The molecule has 108 valence electrons. The van der Waals surface area contributed by atoms with E-state index in [1.165, 1.54) is 17.3 Å². The normalized spacial score (nSPS) is 11.8. The van der Waals surface area contributed by atoms with Crippen molar-refractivity contribution in [1.82, 2.24) is 10.2 Å². The van der Waals surface area contributed by atoms with Crippen molar-refractivity contribution in [2.24, 2.45) is 0 Å². The van der Waals surface area contributed by atoms with Crippen LogP contribution in [0.25, 0.3) is 11.5 Å². The van der Waals surface area contributed by atoms with E-state index < -0.39 is 0 Å². The van der Waals surface area contributed by atoms with Gasteiger partial charge in [-0.1, -0.05) is 44.7 Å². The predicted molar refractivity (Wildman–Crippen MR) is 81.0 cm³/mol. The second-order valence-electron chi connectivity index (χ2n) is 5.54. The standard InChI is InChI=1S/C15H20N2O2S/c1-15(2,3)12-7-5-11(6-8-12)13-16-17-14(19-13)20-10-9-18-4/h5-8H,9-10H2,1-4H3. The molecule has 0 fully saturated rings. The molecule has 0 saturated heterocycles. The van der Waals surface area contributed by atoms with Crippen molar-refractivity contribution < 1.29 is 9.15 Å². The summed E-state index contributed by atoms with van der Waals surface area (Å²) in [6.07, 6.45) is 0. The number of aromatic nitrogens is 2. The molecule has 0 saturated carbocycles. The first-order valence-electron chi connectivity index (χ1n) is 6.57. The van der Waals surface area contributed by atoms with Crippen molar-refractivity contribution in [2.75, 3.05) is 19.5 Å². The Bertz CT molecular complexity index is 544. The first kappa shape index (κ1) is 15.1. The maximum Gasteiger partial charge on any atom is 0.276 e. The average Bonchev–Trinajstić information content (AvgIpc) is 2.87. The molecule has 20 heavy (non-hydrogen) atoms. The topological polar surface area (TPSA) is 48.2 Å². The van der Waals surface area contributed by atoms with Crippen molar-refractivity contribution >= 4 is 11.8 Å². The summed E-state index contributed by atoms with van der Waals surface area (Å²) in [7, 11) is 1.68. The zero-order valence-corrected chi connectivity index (χ0v) is 13.2. The van der Waals surface area contributed by atoms with Gasteiger partial charge < -0.3 is 9.15 Å². The van der Waals surface area contributed by atoms with Crippen LogP contribution in [0.3, 0.4) is 0 Å². The van der Waals surface area contributed by atoms with E-state index in [1.807, 2.05) is 12.1 Å². The average molecular weight is 292 g/mol. The highest BCUT2D eigenvalue weighted by Gasteiger charge is 2.14. The molecule has 0 aliphatic carbocycles. The van der Waals surface area contributed by atoms with Gasteiger partial charge in [-0.15, -0.1) is 10.2 Å². The summed E-state index contributed by atoms with van der Waals surface area (Å²) < 4.78 is 10.6. The first-order chi connectivity index (χ1) is 9.50. The van der Waals surface area contributed by atoms with Crippen LogP contribution in [-0.2, 0) is 10.2 Å². The highest BCUT2D eigenvalue weighted by molar-refractivity contribution is 7.99. The lowest BCUT2D eigenvalue weighted by molar-refractivity contribution is 0.218. The Labute approximate surface area is 123 Å².